The Labute approximate surface area is 78.3 Å². The van der Waals surface area contributed by atoms with Crippen LogP contribution in [0.4, 0.5) is 0 Å². The molecule has 12 heavy (non-hydrogen) atoms. The van der Waals surface area contributed by atoms with Gasteiger partial charge in [-0.05, 0) is 23.9 Å². The maximum atomic E-state index is 9.65. The van der Waals surface area contributed by atoms with Gasteiger partial charge in [0.05, 0.1) is 0 Å². The summed E-state index contributed by atoms with van der Waals surface area (Å²) in [5.74, 6) is 0.149. The van der Waals surface area contributed by atoms with Crippen molar-refractivity contribution in [2.75, 3.05) is 0 Å². The minimum Gasteiger partial charge on any atom is -0.508 e. The number of rotatable bonds is 0. The molecular weight excluding hydrogens is 148 g/mol. The van der Waals surface area contributed by atoms with Crippen LogP contribution >= 0.6 is 0 Å². The molecule has 0 fully saturated rings. The van der Waals surface area contributed by atoms with E-state index in [1.165, 1.54) is 12.1 Å². The average molecular weight is 167 g/mol. The summed E-state index contributed by atoms with van der Waals surface area (Å²) in [5.41, 5.74) is 0.673. The largest absolute Gasteiger partial charge is 0.508 e. The second-order valence-corrected chi connectivity index (χ2v) is 3.98. The van der Waals surface area contributed by atoms with E-state index in [1.54, 1.807) is 6.07 Å². The number of phenols is 1. The van der Waals surface area contributed by atoms with Crippen LogP contribution in [0, 0.1) is 6.85 Å². The van der Waals surface area contributed by atoms with Crippen molar-refractivity contribution < 1.29 is 9.22 Å². The van der Waals surface area contributed by atoms with Gasteiger partial charge in [0.15, 0.2) is 0 Å². The summed E-state index contributed by atoms with van der Waals surface area (Å²) in [6.45, 7) is 3.69. The third kappa shape index (κ3) is 1.79. The highest BCUT2D eigenvalue weighted by Gasteiger charge is 2.17. The molecule has 1 rings (SSSR count). The molecule has 0 aromatic heterocycles. The van der Waals surface area contributed by atoms with E-state index in [9.17, 15) is 5.11 Å². The molecule has 0 heterocycles. The maximum absolute atomic E-state index is 9.65. The lowest BCUT2D eigenvalue weighted by atomic mass is 9.85. The number of aromatic hydroxyl groups is 1. The van der Waals surface area contributed by atoms with Crippen LogP contribution in [0.3, 0.4) is 0 Å². The Morgan fingerprint density at radius 2 is 2.00 bits per heavy atom. The van der Waals surface area contributed by atoms with Crippen molar-refractivity contribution in [1.82, 2.24) is 0 Å². The van der Waals surface area contributed by atoms with Crippen molar-refractivity contribution in [3.05, 3.63) is 29.3 Å². The van der Waals surface area contributed by atoms with Gasteiger partial charge in [-0.25, -0.2) is 0 Å². The Bertz CT molecular complexity index is 361. The van der Waals surface area contributed by atoms with Crippen molar-refractivity contribution in [2.24, 2.45) is 0 Å². The minimum atomic E-state index is -2.12. The highest BCUT2D eigenvalue weighted by molar-refractivity contribution is 5.39. The van der Waals surface area contributed by atoms with Crippen LogP contribution in [0.25, 0.3) is 0 Å². The Balaban J connectivity index is 3.30. The predicted octanol–water partition coefficient (Wildman–Crippen LogP) is 3.00. The summed E-state index contributed by atoms with van der Waals surface area (Å²) in [6, 6.07) is 4.45. The summed E-state index contributed by atoms with van der Waals surface area (Å²) in [4.78, 5) is 0. The normalized spacial score (nSPS) is 16.4. The molecule has 0 aliphatic carbocycles. The summed E-state index contributed by atoms with van der Waals surface area (Å²) in [5, 5.41) is 9.65. The molecule has 0 radical (unpaired) electrons. The molecule has 0 atom stereocenters. The fourth-order valence-corrected chi connectivity index (χ4v) is 1.14. The molecule has 0 bridgehead atoms. The lowest BCUT2D eigenvalue weighted by molar-refractivity contribution is 0.446. The first-order valence-electron chi connectivity index (χ1n) is 5.46. The van der Waals surface area contributed by atoms with E-state index in [-0.39, 0.29) is 16.7 Å². The van der Waals surface area contributed by atoms with Crippen LogP contribution in [0.2, 0.25) is 0 Å². The smallest absolute Gasteiger partial charge is 0.119 e. The molecular formula is C11H16O. The lowest BCUT2D eigenvalue weighted by Crippen LogP contribution is -2.11. The maximum Gasteiger partial charge on any atom is 0.119 e. The number of hydrogen-bond donors (Lipinski definition) is 1. The van der Waals surface area contributed by atoms with Crippen LogP contribution in [-0.4, -0.2) is 5.11 Å². The van der Waals surface area contributed by atoms with E-state index in [2.05, 4.69) is 0 Å². The Kier molecular flexibility index (Phi) is 1.32. The van der Waals surface area contributed by atoms with E-state index in [4.69, 9.17) is 4.11 Å². The molecule has 66 valence electrons. The van der Waals surface area contributed by atoms with Gasteiger partial charge in [-0.3, -0.25) is 0 Å². The monoisotopic (exact) mass is 167 g/mol. The predicted molar refractivity (Wildman–Crippen MR) is 51.5 cm³/mol. The Morgan fingerprint density at radius 3 is 2.50 bits per heavy atom. The van der Waals surface area contributed by atoms with E-state index in [1.807, 2.05) is 20.8 Å². The van der Waals surface area contributed by atoms with Crippen molar-refractivity contribution in [2.45, 2.75) is 33.0 Å². The first-order valence-corrected chi connectivity index (χ1v) is 3.96. The summed E-state index contributed by atoms with van der Waals surface area (Å²) in [7, 11) is 0. The average Bonchev–Trinajstić information content (AvgIpc) is 2.00. The van der Waals surface area contributed by atoms with Gasteiger partial charge in [-0.15, -0.1) is 0 Å². The van der Waals surface area contributed by atoms with Crippen molar-refractivity contribution in [3.63, 3.8) is 0 Å². The fraction of sp³-hybridized carbons (Fsp3) is 0.455. The summed E-state index contributed by atoms with van der Waals surface area (Å²) in [6.07, 6.45) is 0. The van der Waals surface area contributed by atoms with Crippen LogP contribution in [0.5, 0.6) is 5.75 Å². The molecule has 1 heteroatoms. The molecule has 0 aliphatic rings. The van der Waals surface area contributed by atoms with Crippen molar-refractivity contribution in [3.8, 4) is 5.75 Å². The highest BCUT2D eigenvalue weighted by Crippen LogP contribution is 2.30. The fourth-order valence-electron chi connectivity index (χ4n) is 1.14. The zero-order valence-electron chi connectivity index (χ0n) is 10.7. The highest BCUT2D eigenvalue weighted by atomic mass is 16.3. The number of hydrogen-bond acceptors (Lipinski definition) is 1. The third-order valence-corrected chi connectivity index (χ3v) is 1.80. The van der Waals surface area contributed by atoms with Crippen LogP contribution < -0.4 is 0 Å². The molecule has 0 amide bonds. The molecule has 0 aliphatic heterocycles. The molecule has 0 spiro atoms. The van der Waals surface area contributed by atoms with Gasteiger partial charge >= 0.3 is 0 Å². The number of phenolic OH excluding ortho intramolecular Hbond substituents is 1. The lowest BCUT2D eigenvalue weighted by Gasteiger charge is -2.20. The Hall–Kier alpha value is -0.980. The zero-order chi connectivity index (χ0) is 11.9. The first-order chi connectivity index (χ1) is 6.62. The van der Waals surface area contributed by atoms with Gasteiger partial charge < -0.3 is 5.11 Å². The van der Waals surface area contributed by atoms with Crippen LogP contribution in [0.15, 0.2) is 18.2 Å². The van der Waals surface area contributed by atoms with E-state index in [0.29, 0.717) is 5.56 Å². The zero-order valence-corrected chi connectivity index (χ0v) is 7.68. The van der Waals surface area contributed by atoms with Crippen molar-refractivity contribution >= 4 is 0 Å². The quantitative estimate of drug-likeness (QED) is 0.629. The summed E-state index contributed by atoms with van der Waals surface area (Å²) < 4.78 is 21.9. The van der Waals surface area contributed by atoms with Crippen LogP contribution in [-0.2, 0) is 5.41 Å². The van der Waals surface area contributed by atoms with E-state index < -0.39 is 6.85 Å². The second kappa shape index (κ2) is 2.81. The van der Waals surface area contributed by atoms with Gasteiger partial charge in [0, 0.05) is 4.11 Å². The molecule has 0 saturated heterocycles. The van der Waals surface area contributed by atoms with Gasteiger partial charge in [0.2, 0.25) is 0 Å². The van der Waals surface area contributed by atoms with Crippen molar-refractivity contribution in [1.29, 1.82) is 0 Å². The number of aryl methyl sites for hydroxylation is 1. The third-order valence-electron chi connectivity index (χ3n) is 1.80. The first kappa shape index (κ1) is 5.63. The van der Waals surface area contributed by atoms with Gasteiger partial charge in [-0.1, -0.05) is 38.5 Å². The van der Waals surface area contributed by atoms with E-state index in [0.717, 1.165) is 0 Å². The summed E-state index contributed by atoms with van der Waals surface area (Å²) >= 11 is 0. The SMILES string of the molecule is [2H]C([2H])([2H])c1ccc(O)c(C(C)(C)C)c1. The molecule has 0 saturated carbocycles. The van der Waals surface area contributed by atoms with Gasteiger partial charge in [0.25, 0.3) is 0 Å². The minimum absolute atomic E-state index is 0.149. The molecule has 1 nitrogen and oxygen atoms in total. The Morgan fingerprint density at radius 1 is 1.33 bits per heavy atom. The van der Waals surface area contributed by atoms with Gasteiger partial charge in [-0.2, -0.15) is 0 Å². The molecule has 1 aromatic rings. The molecule has 1 N–H and O–H groups in total. The number of benzene rings is 1. The van der Waals surface area contributed by atoms with E-state index >= 15 is 0 Å². The molecule has 1 aromatic carbocycles. The standard InChI is InChI=1S/C11H16O/c1-8-5-6-10(12)9(7-8)11(2,3)4/h5-7,12H,1-4H3/i1D3. The topological polar surface area (TPSA) is 20.2 Å². The molecule has 0 unspecified atom stereocenters. The van der Waals surface area contributed by atoms with Crippen LogP contribution in [0.1, 0.15) is 36.0 Å². The second-order valence-electron chi connectivity index (χ2n) is 3.98. The van der Waals surface area contributed by atoms with Gasteiger partial charge in [0.1, 0.15) is 5.75 Å².